The Hall–Kier alpha value is -0.980. The molecule has 1 aromatic carbocycles. The van der Waals surface area contributed by atoms with Crippen molar-refractivity contribution in [2.24, 2.45) is 5.92 Å². The van der Waals surface area contributed by atoms with E-state index >= 15 is 0 Å². The van der Waals surface area contributed by atoms with Crippen molar-refractivity contribution in [2.75, 3.05) is 6.54 Å². The van der Waals surface area contributed by atoms with Crippen LogP contribution in [0.4, 0.5) is 4.39 Å². The van der Waals surface area contributed by atoms with Crippen LogP contribution in [-0.2, 0) is 15.8 Å². The van der Waals surface area contributed by atoms with Crippen LogP contribution in [0.2, 0.25) is 0 Å². The maximum atomic E-state index is 12.8. The minimum absolute atomic E-state index is 0.150. The van der Waals surface area contributed by atoms with Gasteiger partial charge in [-0.25, -0.2) is 17.5 Å². The number of benzene rings is 1. The first kappa shape index (κ1) is 15.4. The van der Waals surface area contributed by atoms with Crippen molar-refractivity contribution in [3.05, 3.63) is 35.6 Å². The van der Waals surface area contributed by atoms with E-state index in [2.05, 4.69) is 4.72 Å². The molecular weight excluding hydrogens is 281 g/mol. The van der Waals surface area contributed by atoms with Crippen molar-refractivity contribution >= 4 is 10.0 Å². The van der Waals surface area contributed by atoms with Crippen molar-refractivity contribution in [3.8, 4) is 0 Å². The Morgan fingerprint density at radius 1 is 1.25 bits per heavy atom. The van der Waals surface area contributed by atoms with Gasteiger partial charge in [0.15, 0.2) is 0 Å². The SMILES string of the molecule is O=S(=O)(Cc1ccc(F)cc1)NCC1CCCC(O)C1. The molecule has 6 heteroatoms. The molecule has 1 fully saturated rings. The van der Waals surface area contributed by atoms with Crippen molar-refractivity contribution in [1.29, 1.82) is 0 Å². The van der Waals surface area contributed by atoms with Gasteiger partial charge in [-0.15, -0.1) is 0 Å². The molecule has 4 nitrogen and oxygen atoms in total. The summed E-state index contributed by atoms with van der Waals surface area (Å²) in [6.45, 7) is 0.362. The van der Waals surface area contributed by atoms with Crippen LogP contribution in [0.15, 0.2) is 24.3 Å². The first-order chi connectivity index (χ1) is 9.44. The Bertz CT molecular complexity index is 530. The number of sulfonamides is 1. The van der Waals surface area contributed by atoms with Crippen LogP contribution >= 0.6 is 0 Å². The van der Waals surface area contributed by atoms with Gasteiger partial charge in [0, 0.05) is 6.54 Å². The molecule has 2 atom stereocenters. The van der Waals surface area contributed by atoms with Gasteiger partial charge >= 0.3 is 0 Å². The van der Waals surface area contributed by atoms with E-state index in [4.69, 9.17) is 0 Å². The molecule has 2 unspecified atom stereocenters. The minimum Gasteiger partial charge on any atom is -0.393 e. The molecule has 0 bridgehead atoms. The number of nitrogens with one attached hydrogen (secondary N) is 1. The zero-order chi connectivity index (χ0) is 14.6. The summed E-state index contributed by atoms with van der Waals surface area (Å²) in [6.07, 6.45) is 3.02. The zero-order valence-corrected chi connectivity index (χ0v) is 12.1. The smallest absolute Gasteiger partial charge is 0.215 e. The van der Waals surface area contributed by atoms with E-state index in [9.17, 15) is 17.9 Å². The third kappa shape index (κ3) is 4.85. The van der Waals surface area contributed by atoms with Crippen LogP contribution in [0.1, 0.15) is 31.2 Å². The van der Waals surface area contributed by atoms with E-state index in [1.807, 2.05) is 0 Å². The van der Waals surface area contributed by atoms with Gasteiger partial charge in [-0.3, -0.25) is 0 Å². The Morgan fingerprint density at radius 3 is 2.60 bits per heavy atom. The first-order valence-electron chi connectivity index (χ1n) is 6.84. The molecule has 0 spiro atoms. The minimum atomic E-state index is -3.42. The Labute approximate surface area is 119 Å². The fourth-order valence-corrected chi connectivity index (χ4v) is 3.77. The lowest BCUT2D eigenvalue weighted by molar-refractivity contribution is 0.102. The van der Waals surface area contributed by atoms with Crippen molar-refractivity contribution in [1.82, 2.24) is 4.72 Å². The van der Waals surface area contributed by atoms with Gasteiger partial charge in [0.05, 0.1) is 11.9 Å². The summed E-state index contributed by atoms with van der Waals surface area (Å²) >= 11 is 0. The average molecular weight is 301 g/mol. The number of hydrogen-bond donors (Lipinski definition) is 2. The van der Waals surface area contributed by atoms with E-state index in [-0.39, 0.29) is 23.6 Å². The lowest BCUT2D eigenvalue weighted by Crippen LogP contribution is -2.33. The second kappa shape index (κ2) is 6.65. The highest BCUT2D eigenvalue weighted by molar-refractivity contribution is 7.88. The molecule has 1 aromatic rings. The van der Waals surface area contributed by atoms with Gasteiger partial charge in [-0.2, -0.15) is 0 Å². The number of hydrogen-bond acceptors (Lipinski definition) is 3. The molecule has 112 valence electrons. The molecule has 20 heavy (non-hydrogen) atoms. The Morgan fingerprint density at radius 2 is 1.95 bits per heavy atom. The van der Waals surface area contributed by atoms with E-state index < -0.39 is 10.0 Å². The third-order valence-electron chi connectivity index (χ3n) is 3.62. The van der Waals surface area contributed by atoms with Crippen LogP contribution in [0, 0.1) is 11.7 Å². The van der Waals surface area contributed by atoms with E-state index in [0.717, 1.165) is 19.3 Å². The highest BCUT2D eigenvalue weighted by Crippen LogP contribution is 2.23. The normalized spacial score (nSPS) is 23.7. The van der Waals surface area contributed by atoms with Crippen LogP contribution in [0.5, 0.6) is 0 Å². The van der Waals surface area contributed by atoms with Crippen LogP contribution in [0.3, 0.4) is 0 Å². The summed E-state index contributed by atoms with van der Waals surface area (Å²) in [7, 11) is -3.42. The largest absolute Gasteiger partial charge is 0.393 e. The van der Waals surface area contributed by atoms with Crippen LogP contribution in [-0.4, -0.2) is 26.2 Å². The number of aliphatic hydroxyl groups excluding tert-OH is 1. The summed E-state index contributed by atoms with van der Waals surface area (Å²) in [4.78, 5) is 0. The van der Waals surface area contributed by atoms with Crippen LogP contribution in [0.25, 0.3) is 0 Å². The predicted molar refractivity (Wildman–Crippen MR) is 75.0 cm³/mol. The molecule has 0 saturated heterocycles. The van der Waals surface area contributed by atoms with Gasteiger partial charge in [-0.1, -0.05) is 18.6 Å². The van der Waals surface area contributed by atoms with Gasteiger partial charge in [0.1, 0.15) is 5.82 Å². The molecule has 1 saturated carbocycles. The highest BCUT2D eigenvalue weighted by atomic mass is 32.2. The Balaban J connectivity index is 1.86. The first-order valence-corrected chi connectivity index (χ1v) is 8.50. The monoisotopic (exact) mass is 301 g/mol. The second-order valence-corrected chi connectivity index (χ2v) is 7.23. The predicted octanol–water partition coefficient (Wildman–Crippen LogP) is 1.80. The summed E-state index contributed by atoms with van der Waals surface area (Å²) in [5.41, 5.74) is 0.558. The summed E-state index contributed by atoms with van der Waals surface area (Å²) in [5, 5.41) is 9.56. The van der Waals surface area contributed by atoms with Gasteiger partial charge in [-0.05, 0) is 42.9 Å². The lowest BCUT2D eigenvalue weighted by atomic mass is 9.87. The topological polar surface area (TPSA) is 66.4 Å². The number of halogens is 1. The van der Waals surface area contributed by atoms with E-state index in [1.54, 1.807) is 0 Å². The molecule has 0 radical (unpaired) electrons. The van der Waals surface area contributed by atoms with Crippen molar-refractivity contribution in [2.45, 2.75) is 37.5 Å². The molecular formula is C14H20FNO3S. The Kier molecular flexibility index (Phi) is 5.12. The average Bonchev–Trinajstić information content (AvgIpc) is 2.39. The molecule has 2 N–H and O–H groups in total. The highest BCUT2D eigenvalue weighted by Gasteiger charge is 2.22. The second-order valence-electron chi connectivity index (χ2n) is 5.42. The molecule has 0 heterocycles. The van der Waals surface area contributed by atoms with E-state index in [0.29, 0.717) is 18.5 Å². The molecule has 0 amide bonds. The standard InChI is InChI=1S/C14H20FNO3S/c15-13-6-4-11(5-7-13)10-20(18,19)16-9-12-2-1-3-14(17)8-12/h4-7,12,14,16-17H,1-3,8-10H2. The number of rotatable bonds is 5. The fraction of sp³-hybridized carbons (Fsp3) is 0.571. The van der Waals surface area contributed by atoms with Crippen LogP contribution < -0.4 is 4.72 Å². The summed E-state index contributed by atoms with van der Waals surface area (Å²) in [5.74, 6) is -0.334. The van der Waals surface area contributed by atoms with Crippen molar-refractivity contribution in [3.63, 3.8) is 0 Å². The fourth-order valence-electron chi connectivity index (χ4n) is 2.54. The molecule has 1 aliphatic carbocycles. The van der Waals surface area contributed by atoms with E-state index in [1.165, 1.54) is 24.3 Å². The zero-order valence-electron chi connectivity index (χ0n) is 11.3. The summed E-state index contributed by atoms with van der Waals surface area (Å²) < 4.78 is 39.2. The molecule has 0 aromatic heterocycles. The van der Waals surface area contributed by atoms with Gasteiger partial charge < -0.3 is 5.11 Å². The van der Waals surface area contributed by atoms with Gasteiger partial charge in [0.2, 0.25) is 10.0 Å². The summed E-state index contributed by atoms with van der Waals surface area (Å²) in [6, 6.07) is 5.45. The molecule has 0 aliphatic heterocycles. The number of aliphatic hydroxyl groups is 1. The van der Waals surface area contributed by atoms with Crippen molar-refractivity contribution < 1.29 is 17.9 Å². The molecule has 2 rings (SSSR count). The maximum Gasteiger partial charge on any atom is 0.215 e. The maximum absolute atomic E-state index is 12.8. The quantitative estimate of drug-likeness (QED) is 0.871. The third-order valence-corrected chi connectivity index (χ3v) is 4.94. The lowest BCUT2D eigenvalue weighted by Gasteiger charge is -2.25. The van der Waals surface area contributed by atoms with Gasteiger partial charge in [0.25, 0.3) is 0 Å². The molecule has 1 aliphatic rings.